The van der Waals surface area contributed by atoms with Gasteiger partial charge in [0.25, 0.3) is 0 Å². The summed E-state index contributed by atoms with van der Waals surface area (Å²) < 4.78 is 15.6. The summed E-state index contributed by atoms with van der Waals surface area (Å²) in [7, 11) is 0. The Morgan fingerprint density at radius 3 is 2.12 bits per heavy atom. The predicted octanol–water partition coefficient (Wildman–Crippen LogP) is 0.677. The topological polar surface area (TPSA) is 125 Å². The molecular weight excluding hydrogens is 318 g/mol. The fourth-order valence-corrected chi connectivity index (χ4v) is 2.85. The average Bonchev–Trinajstić information content (AvgIpc) is 2.52. The van der Waals surface area contributed by atoms with E-state index in [9.17, 15) is 19.5 Å². The van der Waals surface area contributed by atoms with Crippen molar-refractivity contribution < 1.29 is 33.7 Å². The first-order valence-corrected chi connectivity index (χ1v) is 7.09. The van der Waals surface area contributed by atoms with Crippen molar-refractivity contribution in [3.05, 3.63) is 24.3 Å². The van der Waals surface area contributed by atoms with Crippen LogP contribution in [-0.4, -0.2) is 28.6 Å². The second-order valence-corrected chi connectivity index (χ2v) is 5.67. The lowest BCUT2D eigenvalue weighted by Crippen LogP contribution is -2.48. The zero-order chi connectivity index (χ0) is 17.1. The molecule has 1 unspecified atom stereocenters. The van der Waals surface area contributed by atoms with E-state index < -0.39 is 36.4 Å². The molecule has 0 spiro atoms. The lowest BCUT2D eigenvalue weighted by Gasteiger charge is -2.30. The first kappa shape index (κ1) is 14.5. The van der Waals surface area contributed by atoms with Gasteiger partial charge in [-0.2, -0.15) is 0 Å². The molecule has 24 heavy (non-hydrogen) atoms. The maximum atomic E-state index is 12.3. The van der Waals surface area contributed by atoms with Crippen molar-refractivity contribution in [2.75, 3.05) is 5.73 Å². The van der Waals surface area contributed by atoms with Gasteiger partial charge in [-0.1, -0.05) is 24.3 Å². The molecule has 3 N–H and O–H groups in total. The highest BCUT2D eigenvalue weighted by Gasteiger charge is 2.48. The third-order valence-corrected chi connectivity index (χ3v) is 4.00. The number of esters is 3. The summed E-state index contributed by atoms with van der Waals surface area (Å²) in [5.41, 5.74) is 3.76. The Morgan fingerprint density at radius 1 is 0.875 bits per heavy atom. The number of anilines is 1. The summed E-state index contributed by atoms with van der Waals surface area (Å²) in [6, 6.07) is 6.66. The van der Waals surface area contributed by atoms with Gasteiger partial charge in [0.1, 0.15) is 0 Å². The Hall–Kier alpha value is -3.13. The third-order valence-electron chi connectivity index (χ3n) is 4.00. The van der Waals surface area contributed by atoms with E-state index in [4.69, 9.17) is 19.9 Å². The smallest absolute Gasteiger partial charge is 0.345 e. The minimum atomic E-state index is -2.34. The van der Waals surface area contributed by atoms with E-state index in [2.05, 4.69) is 0 Å². The number of carbonyl (C=O) groups excluding carboxylic acids is 3. The van der Waals surface area contributed by atoms with Gasteiger partial charge < -0.3 is 25.1 Å². The third kappa shape index (κ3) is 1.93. The molecule has 2 bridgehead atoms. The van der Waals surface area contributed by atoms with Gasteiger partial charge in [0.05, 0.1) is 18.5 Å². The van der Waals surface area contributed by atoms with Crippen LogP contribution in [-0.2, 0) is 14.4 Å². The van der Waals surface area contributed by atoms with E-state index in [1.807, 2.05) is 0 Å². The summed E-state index contributed by atoms with van der Waals surface area (Å²) in [5.74, 6) is -3.49. The van der Waals surface area contributed by atoms with Crippen LogP contribution in [0, 0.1) is 0 Å². The van der Waals surface area contributed by atoms with Crippen LogP contribution in [0.2, 0.25) is 0 Å². The van der Waals surface area contributed by atoms with Gasteiger partial charge in [0.15, 0.2) is 11.4 Å². The van der Waals surface area contributed by atoms with Gasteiger partial charge in [-0.3, -0.25) is 9.59 Å². The monoisotopic (exact) mass is 329 g/mol. The molecule has 0 fully saturated rings. The number of carbonyl (C=O) groups is 3. The lowest BCUT2D eigenvalue weighted by molar-refractivity contribution is -0.170. The van der Waals surface area contributed by atoms with Gasteiger partial charge in [0.2, 0.25) is 11.5 Å². The van der Waals surface area contributed by atoms with Crippen LogP contribution in [0.4, 0.5) is 5.69 Å². The number of fused-ring (bicyclic) bond motifs is 4. The van der Waals surface area contributed by atoms with Crippen LogP contribution in [0.25, 0.3) is 10.8 Å². The fourth-order valence-electron chi connectivity index (χ4n) is 2.85. The number of nitrogen functional groups attached to an aromatic ring is 1. The molecule has 0 aromatic heterocycles. The van der Waals surface area contributed by atoms with Crippen molar-refractivity contribution in [3.63, 3.8) is 0 Å². The largest absolute Gasteiger partial charge is 0.422 e. The Balaban J connectivity index is 2.12. The Labute approximate surface area is 134 Å². The van der Waals surface area contributed by atoms with E-state index in [1.54, 1.807) is 24.3 Å². The van der Waals surface area contributed by atoms with Crippen LogP contribution in [0.1, 0.15) is 12.8 Å². The minimum Gasteiger partial charge on any atom is -0.422 e. The van der Waals surface area contributed by atoms with Crippen LogP contribution in [0.3, 0.4) is 0 Å². The van der Waals surface area contributed by atoms with Gasteiger partial charge in [-0.25, -0.2) is 4.79 Å². The maximum absolute atomic E-state index is 12.3. The van der Waals surface area contributed by atoms with Gasteiger partial charge >= 0.3 is 17.9 Å². The molecule has 0 amide bonds. The van der Waals surface area contributed by atoms with Gasteiger partial charge in [-0.05, 0) is 0 Å². The van der Waals surface area contributed by atoms with Crippen molar-refractivity contribution in [3.8, 4) is 17.2 Å². The number of benzene rings is 2. The van der Waals surface area contributed by atoms with E-state index in [1.165, 1.54) is 0 Å². The van der Waals surface area contributed by atoms with Crippen molar-refractivity contribution >= 4 is 34.4 Å². The molecule has 8 heteroatoms. The number of nitrogens with two attached hydrogens (primary N) is 1. The number of hydrogen-bond acceptors (Lipinski definition) is 8. The molecule has 2 heterocycles. The van der Waals surface area contributed by atoms with Crippen LogP contribution < -0.4 is 19.9 Å². The summed E-state index contributed by atoms with van der Waals surface area (Å²) in [4.78, 5) is 36.4. The second kappa shape index (κ2) is 4.68. The van der Waals surface area contributed by atoms with E-state index in [0.717, 1.165) is 0 Å². The van der Waals surface area contributed by atoms with Crippen LogP contribution >= 0.6 is 0 Å². The average molecular weight is 329 g/mol. The van der Waals surface area contributed by atoms with E-state index >= 15 is 0 Å². The minimum absolute atomic E-state index is 0.0626. The molecule has 8 nitrogen and oxygen atoms in total. The SMILES string of the molecule is Nc1c2c3c(c4ccccc14)OC(=O)CC(O)(CC(=O)O2)C(=O)O3. The molecule has 0 radical (unpaired) electrons. The molecule has 2 aliphatic heterocycles. The Morgan fingerprint density at radius 2 is 1.46 bits per heavy atom. The van der Waals surface area contributed by atoms with Crippen molar-refractivity contribution in [2.45, 2.75) is 18.4 Å². The maximum Gasteiger partial charge on any atom is 0.345 e. The highest BCUT2D eigenvalue weighted by atomic mass is 16.6. The molecule has 0 saturated heterocycles. The van der Waals surface area contributed by atoms with E-state index in [0.29, 0.717) is 10.8 Å². The van der Waals surface area contributed by atoms with Crippen molar-refractivity contribution in [1.29, 1.82) is 0 Å². The number of rotatable bonds is 0. The zero-order valence-electron chi connectivity index (χ0n) is 12.2. The molecule has 0 aliphatic carbocycles. The number of aliphatic hydroxyl groups is 1. The zero-order valence-corrected chi connectivity index (χ0v) is 12.2. The van der Waals surface area contributed by atoms with E-state index in [-0.39, 0.29) is 22.9 Å². The standard InChI is InChI=1S/C16H11NO7/c17-11-7-3-1-2-4-8(7)12-14-13(11)23-10(19)6-16(21,15(20)24-14)5-9(18)22-12/h1-4,21H,5-6,17H2. The molecular formula is C16H11NO7. The van der Waals surface area contributed by atoms with Gasteiger partial charge in [-0.15, -0.1) is 0 Å². The molecule has 4 rings (SSSR count). The highest BCUT2D eigenvalue weighted by molar-refractivity contribution is 6.07. The molecule has 122 valence electrons. The first-order valence-electron chi connectivity index (χ1n) is 7.09. The lowest BCUT2D eigenvalue weighted by atomic mass is 9.94. The molecule has 1 atom stereocenters. The molecule has 2 aliphatic rings. The quantitative estimate of drug-likeness (QED) is 0.410. The summed E-state index contributed by atoms with van der Waals surface area (Å²) in [6.07, 6.45) is -1.48. The Kier molecular flexibility index (Phi) is 2.82. The number of hydrogen-bond donors (Lipinski definition) is 2. The predicted molar refractivity (Wildman–Crippen MR) is 79.4 cm³/mol. The fraction of sp³-hybridized carbons (Fsp3) is 0.188. The Bertz CT molecular complexity index is 936. The van der Waals surface area contributed by atoms with Crippen LogP contribution in [0.5, 0.6) is 17.2 Å². The molecule has 2 aromatic carbocycles. The summed E-state index contributed by atoms with van der Waals surface area (Å²) in [6.45, 7) is 0. The van der Waals surface area contributed by atoms with Crippen molar-refractivity contribution in [1.82, 2.24) is 0 Å². The normalized spacial score (nSPS) is 22.8. The number of ether oxygens (including phenoxy) is 3. The highest BCUT2D eigenvalue weighted by Crippen LogP contribution is 2.51. The molecule has 0 saturated carbocycles. The summed E-state index contributed by atoms with van der Waals surface area (Å²) in [5, 5.41) is 11.2. The molecule has 2 aromatic rings. The first-order chi connectivity index (χ1) is 11.4. The van der Waals surface area contributed by atoms with Gasteiger partial charge in [0, 0.05) is 10.8 Å². The van der Waals surface area contributed by atoms with Crippen LogP contribution in [0.15, 0.2) is 24.3 Å². The van der Waals surface area contributed by atoms with Crippen molar-refractivity contribution in [2.24, 2.45) is 0 Å². The second-order valence-electron chi connectivity index (χ2n) is 5.67. The summed E-state index contributed by atoms with van der Waals surface area (Å²) >= 11 is 0.